The van der Waals surface area contributed by atoms with E-state index in [9.17, 15) is 0 Å². The van der Waals surface area contributed by atoms with Gasteiger partial charge in [-0.1, -0.05) is 33.6 Å². The first-order valence-electron chi connectivity index (χ1n) is 8.57. The van der Waals surface area contributed by atoms with Crippen molar-refractivity contribution < 1.29 is 4.74 Å². The highest BCUT2D eigenvalue weighted by Gasteiger charge is 2.20. The van der Waals surface area contributed by atoms with Gasteiger partial charge in [0.05, 0.1) is 6.61 Å². The molecule has 0 amide bonds. The molecule has 1 aliphatic carbocycles. The van der Waals surface area contributed by atoms with Crippen LogP contribution < -0.4 is 10.1 Å². The maximum absolute atomic E-state index is 5.93. The molecule has 0 saturated heterocycles. The van der Waals surface area contributed by atoms with Crippen molar-refractivity contribution in [3.8, 4) is 5.88 Å². The SMILES string of the molecule is CCCc1cc(CNC2CC2)cc(OCC(C)CCC)n1. The lowest BCUT2D eigenvalue weighted by Crippen LogP contribution is -2.16. The van der Waals surface area contributed by atoms with Crippen molar-refractivity contribution in [2.24, 2.45) is 5.92 Å². The molecular weight excluding hydrogens is 260 g/mol. The summed E-state index contributed by atoms with van der Waals surface area (Å²) in [4.78, 5) is 4.65. The topological polar surface area (TPSA) is 34.1 Å². The maximum atomic E-state index is 5.93. The van der Waals surface area contributed by atoms with E-state index in [-0.39, 0.29) is 0 Å². The van der Waals surface area contributed by atoms with Crippen molar-refractivity contribution in [3.05, 3.63) is 23.4 Å². The molecule has 0 bridgehead atoms. The van der Waals surface area contributed by atoms with E-state index < -0.39 is 0 Å². The second kappa shape index (κ2) is 8.38. The minimum absolute atomic E-state index is 0.597. The van der Waals surface area contributed by atoms with E-state index >= 15 is 0 Å². The summed E-state index contributed by atoms with van der Waals surface area (Å²) in [5, 5.41) is 3.57. The Bertz CT molecular complexity index is 429. The Balaban J connectivity index is 1.95. The molecule has 1 aliphatic rings. The van der Waals surface area contributed by atoms with Gasteiger partial charge in [0, 0.05) is 24.3 Å². The van der Waals surface area contributed by atoms with Gasteiger partial charge in [-0.05, 0) is 43.2 Å². The van der Waals surface area contributed by atoms with Crippen molar-refractivity contribution in [1.82, 2.24) is 10.3 Å². The summed E-state index contributed by atoms with van der Waals surface area (Å²) in [5.41, 5.74) is 2.46. The number of aromatic nitrogens is 1. The monoisotopic (exact) mass is 290 g/mol. The molecule has 21 heavy (non-hydrogen) atoms. The lowest BCUT2D eigenvalue weighted by Gasteiger charge is -2.14. The summed E-state index contributed by atoms with van der Waals surface area (Å²) in [7, 11) is 0. The molecule has 1 heterocycles. The van der Waals surface area contributed by atoms with E-state index in [1.54, 1.807) is 0 Å². The lowest BCUT2D eigenvalue weighted by atomic mass is 10.1. The first kappa shape index (κ1) is 16.3. The normalized spacial score (nSPS) is 16.0. The second-order valence-electron chi connectivity index (χ2n) is 6.41. The third-order valence-corrected chi connectivity index (χ3v) is 3.89. The zero-order valence-corrected chi connectivity index (χ0v) is 13.8. The molecular formula is C18H30N2O. The minimum Gasteiger partial charge on any atom is -0.477 e. The Hall–Kier alpha value is -1.09. The molecule has 0 radical (unpaired) electrons. The molecule has 1 aromatic rings. The molecule has 0 aliphatic heterocycles. The summed E-state index contributed by atoms with van der Waals surface area (Å²) in [6.45, 7) is 8.37. The minimum atomic E-state index is 0.597. The average Bonchev–Trinajstić information content (AvgIpc) is 3.28. The second-order valence-corrected chi connectivity index (χ2v) is 6.41. The first-order valence-corrected chi connectivity index (χ1v) is 8.57. The third-order valence-electron chi connectivity index (χ3n) is 3.89. The van der Waals surface area contributed by atoms with Crippen LogP contribution in [0.2, 0.25) is 0 Å². The number of nitrogens with one attached hydrogen (secondary N) is 1. The molecule has 1 aromatic heterocycles. The fourth-order valence-electron chi connectivity index (χ4n) is 2.53. The molecule has 1 N–H and O–H groups in total. The molecule has 1 unspecified atom stereocenters. The summed E-state index contributed by atoms with van der Waals surface area (Å²) in [6, 6.07) is 5.07. The van der Waals surface area contributed by atoms with Gasteiger partial charge in [0.1, 0.15) is 0 Å². The van der Waals surface area contributed by atoms with Crippen LogP contribution in [0.3, 0.4) is 0 Å². The van der Waals surface area contributed by atoms with Gasteiger partial charge in [-0.2, -0.15) is 0 Å². The van der Waals surface area contributed by atoms with Crippen molar-refractivity contribution >= 4 is 0 Å². The number of pyridine rings is 1. The smallest absolute Gasteiger partial charge is 0.213 e. The first-order chi connectivity index (χ1) is 10.2. The molecule has 3 heteroatoms. The quantitative estimate of drug-likeness (QED) is 0.704. The fourth-order valence-corrected chi connectivity index (χ4v) is 2.53. The van der Waals surface area contributed by atoms with Crippen LogP contribution in [0.1, 0.15) is 64.1 Å². The molecule has 0 aromatic carbocycles. The average molecular weight is 290 g/mol. The number of ether oxygens (including phenoxy) is 1. The van der Waals surface area contributed by atoms with E-state index in [0.29, 0.717) is 5.92 Å². The van der Waals surface area contributed by atoms with Crippen molar-refractivity contribution in [1.29, 1.82) is 0 Å². The lowest BCUT2D eigenvalue weighted by molar-refractivity contribution is 0.242. The molecule has 118 valence electrons. The fraction of sp³-hybridized carbons (Fsp3) is 0.722. The van der Waals surface area contributed by atoms with E-state index in [4.69, 9.17) is 4.74 Å². The summed E-state index contributed by atoms with van der Waals surface area (Å²) < 4.78 is 5.93. The zero-order chi connectivity index (χ0) is 15.1. The van der Waals surface area contributed by atoms with Crippen molar-refractivity contribution in [2.75, 3.05) is 6.61 Å². The standard InChI is InChI=1S/C18H30N2O/c1-4-6-14(3)13-21-18-11-15(12-19-16-8-9-16)10-17(20-18)7-5-2/h10-11,14,16,19H,4-9,12-13H2,1-3H3. The van der Waals surface area contributed by atoms with Gasteiger partial charge in [0.15, 0.2) is 0 Å². The zero-order valence-electron chi connectivity index (χ0n) is 13.8. The van der Waals surface area contributed by atoms with Gasteiger partial charge < -0.3 is 10.1 Å². The Morgan fingerprint density at radius 2 is 2.10 bits per heavy atom. The van der Waals surface area contributed by atoms with Crippen LogP contribution in [0.5, 0.6) is 5.88 Å². The van der Waals surface area contributed by atoms with Crippen LogP contribution >= 0.6 is 0 Å². The van der Waals surface area contributed by atoms with Crippen LogP contribution in [0.25, 0.3) is 0 Å². The number of hydrogen-bond acceptors (Lipinski definition) is 3. The number of aryl methyl sites for hydroxylation is 1. The third kappa shape index (κ3) is 6.04. The Morgan fingerprint density at radius 1 is 1.29 bits per heavy atom. The number of hydrogen-bond donors (Lipinski definition) is 1. The molecule has 0 spiro atoms. The van der Waals surface area contributed by atoms with Crippen LogP contribution in [-0.2, 0) is 13.0 Å². The van der Waals surface area contributed by atoms with Gasteiger partial charge in [0.2, 0.25) is 5.88 Å². The molecule has 2 rings (SSSR count). The maximum Gasteiger partial charge on any atom is 0.213 e. The van der Waals surface area contributed by atoms with Gasteiger partial charge in [0.25, 0.3) is 0 Å². The summed E-state index contributed by atoms with van der Waals surface area (Å²) >= 11 is 0. The number of nitrogens with zero attached hydrogens (tertiary/aromatic N) is 1. The van der Waals surface area contributed by atoms with Gasteiger partial charge in [-0.25, -0.2) is 4.98 Å². The van der Waals surface area contributed by atoms with E-state index in [1.165, 1.54) is 31.2 Å². The molecule has 1 atom stereocenters. The highest BCUT2D eigenvalue weighted by molar-refractivity contribution is 5.25. The van der Waals surface area contributed by atoms with Crippen LogP contribution in [-0.4, -0.2) is 17.6 Å². The van der Waals surface area contributed by atoms with Crippen LogP contribution in [0.15, 0.2) is 12.1 Å². The van der Waals surface area contributed by atoms with Gasteiger partial charge >= 0.3 is 0 Å². The van der Waals surface area contributed by atoms with E-state index in [2.05, 4.69) is 43.2 Å². The molecule has 1 saturated carbocycles. The Morgan fingerprint density at radius 3 is 2.76 bits per heavy atom. The van der Waals surface area contributed by atoms with E-state index in [0.717, 1.165) is 43.6 Å². The van der Waals surface area contributed by atoms with E-state index in [1.807, 2.05) is 0 Å². The highest BCUT2D eigenvalue weighted by Crippen LogP contribution is 2.21. The van der Waals surface area contributed by atoms with Crippen LogP contribution in [0, 0.1) is 5.92 Å². The molecule has 1 fully saturated rings. The Labute approximate surface area is 129 Å². The van der Waals surface area contributed by atoms with Crippen molar-refractivity contribution in [2.45, 2.75) is 71.9 Å². The highest BCUT2D eigenvalue weighted by atomic mass is 16.5. The number of rotatable bonds is 10. The predicted octanol–water partition coefficient (Wildman–Crippen LogP) is 4.10. The van der Waals surface area contributed by atoms with Crippen LogP contribution in [0.4, 0.5) is 0 Å². The van der Waals surface area contributed by atoms with Gasteiger partial charge in [-0.3, -0.25) is 0 Å². The largest absolute Gasteiger partial charge is 0.477 e. The summed E-state index contributed by atoms with van der Waals surface area (Å²) in [6.07, 6.45) is 7.22. The van der Waals surface area contributed by atoms with Gasteiger partial charge in [-0.15, -0.1) is 0 Å². The Kier molecular flexibility index (Phi) is 6.50. The van der Waals surface area contributed by atoms with Crippen molar-refractivity contribution in [3.63, 3.8) is 0 Å². The summed E-state index contributed by atoms with van der Waals surface area (Å²) in [5.74, 6) is 1.40. The predicted molar refractivity (Wildman–Crippen MR) is 87.7 cm³/mol. The molecule has 3 nitrogen and oxygen atoms in total.